The Morgan fingerprint density at radius 3 is 2.81 bits per heavy atom. The van der Waals surface area contributed by atoms with Crippen LogP contribution in [0.3, 0.4) is 0 Å². The molecule has 3 rings (SSSR count). The third-order valence-corrected chi connectivity index (χ3v) is 5.65. The summed E-state index contributed by atoms with van der Waals surface area (Å²) in [6, 6.07) is 10.4. The highest BCUT2D eigenvalue weighted by Gasteiger charge is 2.41. The number of hydrogen-bond donors (Lipinski definition) is 2. The Morgan fingerprint density at radius 1 is 1.30 bits per heavy atom. The van der Waals surface area contributed by atoms with Gasteiger partial charge in [-0.25, -0.2) is 4.79 Å². The Labute approximate surface area is 161 Å². The maximum Gasteiger partial charge on any atom is 0.317 e. The number of carbonyl (C=O) groups is 2. The van der Waals surface area contributed by atoms with E-state index < -0.39 is 0 Å². The third-order valence-electron chi connectivity index (χ3n) is 5.65. The van der Waals surface area contributed by atoms with Gasteiger partial charge >= 0.3 is 6.03 Å². The number of hydrogen-bond acceptors (Lipinski definition) is 3. The van der Waals surface area contributed by atoms with Crippen molar-refractivity contribution in [2.24, 2.45) is 0 Å². The van der Waals surface area contributed by atoms with Crippen LogP contribution in [0.4, 0.5) is 4.79 Å². The van der Waals surface area contributed by atoms with Crippen molar-refractivity contribution in [3.05, 3.63) is 35.9 Å². The average molecular weight is 373 g/mol. The van der Waals surface area contributed by atoms with E-state index in [-0.39, 0.29) is 29.5 Å². The molecule has 2 heterocycles. The molecule has 2 saturated heterocycles. The highest BCUT2D eigenvalue weighted by Crippen LogP contribution is 2.43. The predicted octanol–water partition coefficient (Wildman–Crippen LogP) is 2.43. The Morgan fingerprint density at radius 2 is 2.07 bits per heavy atom. The lowest BCUT2D eigenvalue weighted by Gasteiger charge is -2.45. The van der Waals surface area contributed by atoms with Gasteiger partial charge < -0.3 is 20.3 Å². The molecule has 2 aliphatic rings. The van der Waals surface area contributed by atoms with E-state index in [9.17, 15) is 9.59 Å². The molecule has 0 aliphatic carbocycles. The predicted molar refractivity (Wildman–Crippen MR) is 105 cm³/mol. The first-order valence-corrected chi connectivity index (χ1v) is 9.89. The molecule has 1 aromatic rings. The normalized spacial score (nSPS) is 25.4. The van der Waals surface area contributed by atoms with Crippen molar-refractivity contribution >= 4 is 11.9 Å². The number of rotatable bonds is 4. The zero-order valence-electron chi connectivity index (χ0n) is 16.4. The number of urea groups is 1. The molecule has 0 saturated carbocycles. The topological polar surface area (TPSA) is 70.7 Å². The lowest BCUT2D eigenvalue weighted by molar-refractivity contribution is -0.121. The molecule has 6 heteroatoms. The Balaban J connectivity index is 1.65. The molecule has 6 nitrogen and oxygen atoms in total. The van der Waals surface area contributed by atoms with Gasteiger partial charge in [-0.15, -0.1) is 0 Å². The van der Waals surface area contributed by atoms with Crippen LogP contribution in [0.1, 0.15) is 45.1 Å². The van der Waals surface area contributed by atoms with Crippen LogP contribution in [0.2, 0.25) is 0 Å². The van der Waals surface area contributed by atoms with Gasteiger partial charge in [0.05, 0.1) is 5.60 Å². The van der Waals surface area contributed by atoms with Gasteiger partial charge in [-0.1, -0.05) is 30.3 Å². The van der Waals surface area contributed by atoms with Crippen LogP contribution in [0.15, 0.2) is 30.3 Å². The van der Waals surface area contributed by atoms with Gasteiger partial charge in [-0.05, 0) is 45.1 Å². The molecule has 0 bridgehead atoms. The second kappa shape index (κ2) is 8.30. The van der Waals surface area contributed by atoms with E-state index >= 15 is 0 Å². The van der Waals surface area contributed by atoms with Gasteiger partial charge in [-0.2, -0.15) is 0 Å². The van der Waals surface area contributed by atoms with Crippen molar-refractivity contribution < 1.29 is 14.3 Å². The van der Waals surface area contributed by atoms with Gasteiger partial charge in [0.15, 0.2) is 0 Å². The molecule has 3 amide bonds. The fourth-order valence-electron chi connectivity index (χ4n) is 4.37. The number of amides is 3. The van der Waals surface area contributed by atoms with E-state index in [1.807, 2.05) is 6.07 Å². The summed E-state index contributed by atoms with van der Waals surface area (Å²) in [6.45, 7) is 6.96. The molecular weight excluding hydrogens is 342 g/mol. The summed E-state index contributed by atoms with van der Waals surface area (Å²) in [5.74, 6) is -0.0883. The monoisotopic (exact) mass is 373 g/mol. The molecule has 2 aliphatic heterocycles. The first-order valence-electron chi connectivity index (χ1n) is 9.89. The van der Waals surface area contributed by atoms with E-state index in [1.165, 1.54) is 5.56 Å². The maximum atomic E-state index is 12.5. The van der Waals surface area contributed by atoms with Crippen molar-refractivity contribution in [2.75, 3.05) is 32.8 Å². The molecular formula is C21H31N3O3. The molecule has 1 aromatic carbocycles. The molecule has 1 atom stereocenters. The zero-order chi connectivity index (χ0) is 19.3. The van der Waals surface area contributed by atoms with Crippen molar-refractivity contribution in [3.63, 3.8) is 0 Å². The average Bonchev–Trinajstić information content (AvgIpc) is 2.86. The van der Waals surface area contributed by atoms with Crippen LogP contribution in [0.5, 0.6) is 0 Å². The smallest absolute Gasteiger partial charge is 0.317 e. The van der Waals surface area contributed by atoms with Crippen molar-refractivity contribution in [3.8, 4) is 0 Å². The van der Waals surface area contributed by atoms with Crippen LogP contribution >= 0.6 is 0 Å². The van der Waals surface area contributed by atoms with E-state index in [0.717, 1.165) is 32.3 Å². The molecule has 2 fully saturated rings. The quantitative estimate of drug-likeness (QED) is 0.852. The minimum Gasteiger partial charge on any atom is -0.376 e. The first-order chi connectivity index (χ1) is 12.9. The van der Waals surface area contributed by atoms with Crippen molar-refractivity contribution in [2.45, 2.75) is 50.5 Å². The Kier molecular flexibility index (Phi) is 6.05. The number of ether oxygens (including phenoxy) is 1. The summed E-state index contributed by atoms with van der Waals surface area (Å²) in [6.07, 6.45) is 3.52. The molecule has 2 N–H and O–H groups in total. The summed E-state index contributed by atoms with van der Waals surface area (Å²) < 4.78 is 5.95. The van der Waals surface area contributed by atoms with Crippen LogP contribution in [-0.4, -0.2) is 55.2 Å². The number of carbonyl (C=O) groups excluding carboxylic acids is 2. The number of nitrogens with zero attached hydrogens (tertiary/aromatic N) is 1. The molecule has 0 radical (unpaired) electrons. The fraction of sp³-hybridized carbons (Fsp3) is 0.619. The van der Waals surface area contributed by atoms with Crippen LogP contribution in [0, 0.1) is 0 Å². The summed E-state index contributed by atoms with van der Waals surface area (Å²) in [5.41, 5.74) is 1.12. The third kappa shape index (κ3) is 5.01. The Hall–Kier alpha value is -2.08. The van der Waals surface area contributed by atoms with E-state index in [4.69, 9.17) is 4.74 Å². The molecule has 0 aromatic heterocycles. The zero-order valence-corrected chi connectivity index (χ0v) is 16.4. The summed E-state index contributed by atoms with van der Waals surface area (Å²) in [4.78, 5) is 25.8. The van der Waals surface area contributed by atoms with Gasteiger partial charge in [0.1, 0.15) is 6.54 Å². The van der Waals surface area contributed by atoms with Gasteiger partial charge in [-0.3, -0.25) is 4.79 Å². The fourth-order valence-corrected chi connectivity index (χ4v) is 4.37. The van der Waals surface area contributed by atoms with Gasteiger partial charge in [0.25, 0.3) is 0 Å². The van der Waals surface area contributed by atoms with E-state index in [0.29, 0.717) is 19.6 Å². The second-order valence-electron chi connectivity index (χ2n) is 8.29. The van der Waals surface area contributed by atoms with E-state index in [1.54, 1.807) is 4.90 Å². The van der Waals surface area contributed by atoms with Crippen molar-refractivity contribution in [1.82, 2.24) is 15.5 Å². The SMILES string of the molecule is CC1(C)CC(CCNC(=O)N2CCCNC(=O)C2)(c2ccccc2)CCO1. The second-order valence-corrected chi connectivity index (χ2v) is 8.29. The van der Waals surface area contributed by atoms with Gasteiger partial charge in [0.2, 0.25) is 5.91 Å². The summed E-state index contributed by atoms with van der Waals surface area (Å²) in [7, 11) is 0. The van der Waals surface area contributed by atoms with Crippen LogP contribution < -0.4 is 10.6 Å². The largest absolute Gasteiger partial charge is 0.376 e. The van der Waals surface area contributed by atoms with E-state index in [2.05, 4.69) is 48.7 Å². The lowest BCUT2D eigenvalue weighted by Crippen LogP contribution is -2.47. The molecule has 0 spiro atoms. The number of nitrogens with one attached hydrogen (secondary N) is 2. The Bertz CT molecular complexity index is 662. The molecule has 1 unspecified atom stereocenters. The summed E-state index contributed by atoms with van der Waals surface area (Å²) >= 11 is 0. The lowest BCUT2D eigenvalue weighted by atomic mass is 9.67. The minimum absolute atomic E-state index is 0.00749. The van der Waals surface area contributed by atoms with Crippen molar-refractivity contribution in [1.29, 1.82) is 0 Å². The number of benzene rings is 1. The standard InChI is InChI=1S/C21H31N3O3/c1-20(2)16-21(10-14-27-20,17-7-4-3-5-8-17)9-12-23-19(26)24-13-6-11-22-18(25)15-24/h3-5,7-8H,6,9-16H2,1-2H3,(H,22,25)(H,23,26). The van der Waals surface area contributed by atoms with Crippen LogP contribution in [-0.2, 0) is 14.9 Å². The first kappa shape index (κ1) is 19.7. The van der Waals surface area contributed by atoms with Crippen LogP contribution in [0.25, 0.3) is 0 Å². The summed E-state index contributed by atoms with van der Waals surface area (Å²) in [5, 5.41) is 5.84. The highest BCUT2D eigenvalue weighted by atomic mass is 16.5. The highest BCUT2D eigenvalue weighted by molar-refractivity contribution is 5.84. The molecule has 148 valence electrons. The maximum absolute atomic E-state index is 12.5. The van der Waals surface area contributed by atoms with Gasteiger partial charge in [0, 0.05) is 31.7 Å². The minimum atomic E-state index is -0.180. The molecule has 27 heavy (non-hydrogen) atoms.